The van der Waals surface area contributed by atoms with Gasteiger partial charge in [0.25, 0.3) is 0 Å². The zero-order chi connectivity index (χ0) is 30.2. The molecule has 1 saturated heterocycles. The number of H-pyrrole nitrogens is 1. The number of hydrogen-bond acceptors (Lipinski definition) is 7. The van der Waals surface area contributed by atoms with Crippen LogP contribution in [0, 0.1) is 23.2 Å². The van der Waals surface area contributed by atoms with E-state index in [1.807, 2.05) is 44.2 Å². The molecule has 1 aromatic carbocycles. The van der Waals surface area contributed by atoms with E-state index in [4.69, 9.17) is 18.9 Å². The lowest BCUT2D eigenvalue weighted by atomic mass is 9.64. The van der Waals surface area contributed by atoms with Crippen molar-refractivity contribution in [3.8, 4) is 0 Å². The predicted molar refractivity (Wildman–Crippen MR) is 157 cm³/mol. The first-order valence-corrected chi connectivity index (χ1v) is 14.9. The maximum absolute atomic E-state index is 13.5. The highest BCUT2D eigenvalue weighted by Crippen LogP contribution is 2.59. The zero-order valence-electron chi connectivity index (χ0n) is 25.3. The molecule has 8 heteroatoms. The van der Waals surface area contributed by atoms with Crippen molar-refractivity contribution in [1.29, 1.82) is 0 Å². The molecule has 2 aliphatic heterocycles. The van der Waals surface area contributed by atoms with E-state index in [1.165, 1.54) is 7.11 Å². The van der Waals surface area contributed by atoms with Gasteiger partial charge in [-0.15, -0.1) is 0 Å². The van der Waals surface area contributed by atoms with E-state index in [1.54, 1.807) is 25.3 Å². The number of benzene rings is 1. The maximum Gasteiger partial charge on any atom is 0.355 e. The Hall–Kier alpha value is -3.20. The normalized spacial score (nSPS) is 36.1. The quantitative estimate of drug-likeness (QED) is 0.328. The Morgan fingerprint density at radius 1 is 1.17 bits per heavy atom. The van der Waals surface area contributed by atoms with Crippen LogP contribution in [0.1, 0.15) is 69.6 Å². The standard InChI is InChI=1S/C34H43NO7/c1-20-17-21(2)34-19-33(5,30(42-34)29(22(3)23(4)36)41-31(37)26-13-10-16-35-26)15-14-25(34)18-27(39-6)32(38)40-28(20)24-11-8-7-9-12-24/h7-17,20,22-23,25,27-30,35-36H,18-19H2,1-6H3/b21-17+/t20-,22-,23+,25-,27+,28+,29-,30+,33-,34+/m1/s1. The summed E-state index contributed by atoms with van der Waals surface area (Å²) >= 11 is 0. The fourth-order valence-electron chi connectivity index (χ4n) is 7.00. The second-order valence-electron chi connectivity index (χ2n) is 12.6. The van der Waals surface area contributed by atoms with Crippen molar-refractivity contribution in [3.63, 3.8) is 0 Å². The molecule has 8 nitrogen and oxygen atoms in total. The Bertz CT molecular complexity index is 1320. The number of rotatable bonds is 7. The van der Waals surface area contributed by atoms with Gasteiger partial charge in [0, 0.05) is 36.5 Å². The molecule has 1 aliphatic carbocycles. The summed E-state index contributed by atoms with van der Waals surface area (Å²) in [6.45, 7) is 9.83. The second-order valence-corrected chi connectivity index (χ2v) is 12.6. The van der Waals surface area contributed by atoms with Gasteiger partial charge in [0.15, 0.2) is 6.10 Å². The minimum absolute atomic E-state index is 0.153. The fraction of sp³-hybridized carbons (Fsp3) is 0.529. The highest BCUT2D eigenvalue weighted by molar-refractivity contribution is 5.87. The van der Waals surface area contributed by atoms with E-state index in [-0.39, 0.29) is 11.8 Å². The second kappa shape index (κ2) is 11.8. The molecule has 42 heavy (non-hydrogen) atoms. The summed E-state index contributed by atoms with van der Waals surface area (Å²) in [5, 5.41) is 10.7. The largest absolute Gasteiger partial charge is 0.455 e. The van der Waals surface area contributed by atoms with Crippen LogP contribution >= 0.6 is 0 Å². The van der Waals surface area contributed by atoms with Crippen LogP contribution in [0.5, 0.6) is 0 Å². The number of aromatic amines is 1. The smallest absolute Gasteiger partial charge is 0.355 e. The Kier molecular flexibility index (Phi) is 8.52. The number of hydrogen-bond donors (Lipinski definition) is 2. The number of aliphatic hydroxyl groups is 1. The van der Waals surface area contributed by atoms with E-state index >= 15 is 0 Å². The van der Waals surface area contributed by atoms with Gasteiger partial charge in [-0.2, -0.15) is 0 Å². The molecule has 5 rings (SSSR count). The van der Waals surface area contributed by atoms with Gasteiger partial charge in [-0.3, -0.25) is 0 Å². The predicted octanol–water partition coefficient (Wildman–Crippen LogP) is 5.56. The molecule has 0 saturated carbocycles. The van der Waals surface area contributed by atoms with E-state index in [0.29, 0.717) is 18.5 Å². The van der Waals surface area contributed by atoms with Gasteiger partial charge in [-0.05, 0) is 50.0 Å². The lowest BCUT2D eigenvalue weighted by Gasteiger charge is -2.42. The lowest BCUT2D eigenvalue weighted by molar-refractivity contribution is -0.167. The molecule has 10 atom stereocenters. The fourth-order valence-corrected chi connectivity index (χ4v) is 7.00. The first-order valence-electron chi connectivity index (χ1n) is 14.9. The average molecular weight is 578 g/mol. The third-order valence-corrected chi connectivity index (χ3v) is 9.62. The van der Waals surface area contributed by atoms with Crippen molar-refractivity contribution in [1.82, 2.24) is 4.98 Å². The van der Waals surface area contributed by atoms with E-state index in [2.05, 4.69) is 37.1 Å². The molecule has 226 valence electrons. The summed E-state index contributed by atoms with van der Waals surface area (Å²) in [6.07, 6.45) is 5.80. The van der Waals surface area contributed by atoms with Gasteiger partial charge in [0.05, 0.1) is 11.7 Å². The number of fused-ring (bicyclic) bond motifs is 1. The first kappa shape index (κ1) is 30.3. The molecular formula is C34H43NO7. The maximum atomic E-state index is 13.5. The zero-order valence-corrected chi connectivity index (χ0v) is 25.3. The van der Waals surface area contributed by atoms with E-state index < -0.39 is 59.4 Å². The van der Waals surface area contributed by atoms with Crippen LogP contribution < -0.4 is 0 Å². The number of methoxy groups -OCH3 is 1. The number of carbonyl (C=O) groups is 2. The number of aromatic nitrogens is 1. The SMILES string of the molecule is CO[C@H]1C[C@H]2C=C[C@]3(C)C[C@]2(O[C@H]3[C@H](OC(=O)c2ccc[nH]2)[C@H](C)[C@H](C)O)/C(C)=C/[C@@H](C)[C@@H](c2ccccc2)OC1=O. The summed E-state index contributed by atoms with van der Waals surface area (Å²) in [6, 6.07) is 13.2. The third-order valence-electron chi connectivity index (χ3n) is 9.62. The van der Waals surface area contributed by atoms with Crippen molar-refractivity contribution in [2.45, 2.75) is 83.6 Å². The van der Waals surface area contributed by atoms with Crippen LogP contribution in [0.3, 0.4) is 0 Å². The van der Waals surface area contributed by atoms with Gasteiger partial charge in [0.2, 0.25) is 0 Å². The van der Waals surface area contributed by atoms with Gasteiger partial charge < -0.3 is 29.0 Å². The van der Waals surface area contributed by atoms with Crippen LogP contribution in [0.2, 0.25) is 0 Å². The number of ether oxygens (including phenoxy) is 4. The van der Waals surface area contributed by atoms with E-state index in [9.17, 15) is 14.7 Å². The van der Waals surface area contributed by atoms with Crippen LogP contribution in [0.15, 0.2) is 72.5 Å². The van der Waals surface area contributed by atoms with Crippen molar-refractivity contribution < 1.29 is 33.6 Å². The number of carbonyl (C=O) groups excluding carboxylic acids is 2. The van der Waals surface area contributed by atoms with Crippen LogP contribution in [0.4, 0.5) is 0 Å². The molecule has 1 aromatic heterocycles. The lowest BCUT2D eigenvalue weighted by Crippen LogP contribution is -2.47. The molecule has 0 unspecified atom stereocenters. The minimum Gasteiger partial charge on any atom is -0.455 e. The Morgan fingerprint density at radius 3 is 2.55 bits per heavy atom. The average Bonchev–Trinajstić information content (AvgIpc) is 3.59. The monoisotopic (exact) mass is 577 g/mol. The molecule has 2 N–H and O–H groups in total. The van der Waals surface area contributed by atoms with Crippen LogP contribution in [0.25, 0.3) is 0 Å². The van der Waals surface area contributed by atoms with E-state index in [0.717, 1.165) is 11.1 Å². The summed E-state index contributed by atoms with van der Waals surface area (Å²) in [5.41, 5.74) is 1.02. The van der Waals surface area contributed by atoms with Crippen molar-refractivity contribution in [2.24, 2.45) is 23.2 Å². The number of esters is 2. The first-order chi connectivity index (χ1) is 20.0. The molecule has 0 amide bonds. The van der Waals surface area contributed by atoms with Crippen LogP contribution in [-0.4, -0.2) is 59.2 Å². The molecule has 1 spiro atoms. The van der Waals surface area contributed by atoms with Gasteiger partial charge in [-0.1, -0.05) is 69.3 Å². The third kappa shape index (κ3) is 5.48. The summed E-state index contributed by atoms with van der Waals surface area (Å²) in [5.74, 6) is -1.65. The molecule has 3 heterocycles. The van der Waals surface area contributed by atoms with Crippen LogP contribution in [-0.2, 0) is 23.7 Å². The summed E-state index contributed by atoms with van der Waals surface area (Å²) < 4.78 is 25.1. The number of aliphatic hydroxyl groups excluding tert-OH is 1. The highest BCUT2D eigenvalue weighted by atomic mass is 16.6. The molecule has 3 aliphatic rings. The Morgan fingerprint density at radius 2 is 1.90 bits per heavy atom. The van der Waals surface area contributed by atoms with Crippen molar-refractivity contribution in [2.75, 3.05) is 7.11 Å². The topological polar surface area (TPSA) is 107 Å². The molecule has 0 radical (unpaired) electrons. The van der Waals surface area contributed by atoms with Gasteiger partial charge >= 0.3 is 11.9 Å². The van der Waals surface area contributed by atoms with Gasteiger partial charge in [-0.25, -0.2) is 9.59 Å². The van der Waals surface area contributed by atoms with Crippen molar-refractivity contribution in [3.05, 3.63) is 83.7 Å². The summed E-state index contributed by atoms with van der Waals surface area (Å²) in [4.78, 5) is 29.5. The Labute approximate surface area is 248 Å². The molecule has 2 aromatic rings. The minimum atomic E-state index is -0.786. The number of cyclic esters (lactones) is 1. The Balaban J connectivity index is 1.57. The van der Waals surface area contributed by atoms with Crippen molar-refractivity contribution >= 4 is 11.9 Å². The molecular weight excluding hydrogens is 534 g/mol. The highest BCUT2D eigenvalue weighted by Gasteiger charge is 2.62. The summed E-state index contributed by atoms with van der Waals surface area (Å²) in [7, 11) is 1.53. The number of nitrogens with one attached hydrogen (secondary N) is 1. The van der Waals surface area contributed by atoms with Gasteiger partial charge in [0.1, 0.15) is 24.0 Å². The molecule has 2 bridgehead atoms. The molecule has 1 fully saturated rings.